The molecule has 2 unspecified atom stereocenters. The Labute approximate surface area is 117 Å². The lowest BCUT2D eigenvalue weighted by Crippen LogP contribution is -2.43. The fourth-order valence-electron chi connectivity index (χ4n) is 2.27. The number of fused-ring (bicyclic) bond motifs is 1. The molecule has 0 aromatic heterocycles. The number of ether oxygens (including phenoxy) is 1. The van der Waals surface area contributed by atoms with Crippen molar-refractivity contribution in [1.29, 1.82) is 0 Å². The summed E-state index contributed by atoms with van der Waals surface area (Å²) < 4.78 is 18.8. The van der Waals surface area contributed by atoms with E-state index in [4.69, 9.17) is 4.74 Å². The van der Waals surface area contributed by atoms with Gasteiger partial charge in [-0.15, -0.1) is 0 Å². The summed E-state index contributed by atoms with van der Waals surface area (Å²) in [4.78, 5) is 0. The van der Waals surface area contributed by atoms with Crippen LogP contribution in [-0.2, 0) is 6.42 Å². The lowest BCUT2D eigenvalue weighted by Gasteiger charge is -2.23. The van der Waals surface area contributed by atoms with E-state index in [1.165, 1.54) is 12.1 Å². The highest BCUT2D eigenvalue weighted by Gasteiger charge is 2.24. The van der Waals surface area contributed by atoms with E-state index in [1.54, 1.807) is 17.8 Å². The summed E-state index contributed by atoms with van der Waals surface area (Å²) in [6.07, 6.45) is 2.70. The molecular weight excluding hydrogens is 265 g/mol. The van der Waals surface area contributed by atoms with Crippen LogP contribution in [0.5, 0.6) is 5.75 Å². The minimum Gasteiger partial charge on any atom is -0.488 e. The van der Waals surface area contributed by atoms with Crippen molar-refractivity contribution in [3.63, 3.8) is 0 Å². The Hall–Kier alpha value is -0.780. The first-order valence-electron chi connectivity index (χ1n) is 6.37. The van der Waals surface area contributed by atoms with E-state index in [-0.39, 0.29) is 11.9 Å². The minimum atomic E-state index is -0.711. The molecule has 0 spiro atoms. The van der Waals surface area contributed by atoms with Gasteiger partial charge in [0, 0.05) is 30.8 Å². The number of thioether (sulfide) groups is 1. The van der Waals surface area contributed by atoms with Crippen molar-refractivity contribution < 1.29 is 14.2 Å². The third-order valence-electron chi connectivity index (χ3n) is 3.10. The molecule has 1 aromatic rings. The molecule has 0 saturated heterocycles. The first kappa shape index (κ1) is 14.6. The normalized spacial score (nSPS) is 20.7. The van der Waals surface area contributed by atoms with Crippen molar-refractivity contribution >= 4 is 11.8 Å². The summed E-state index contributed by atoms with van der Waals surface area (Å²) in [7, 11) is 0. The molecule has 106 valence electrons. The second-order valence-corrected chi connectivity index (χ2v) is 6.12. The summed E-state index contributed by atoms with van der Waals surface area (Å²) in [6, 6.07) is 4.62. The summed E-state index contributed by atoms with van der Waals surface area (Å²) in [5.74, 6) is 1.24. The molecule has 0 bridgehead atoms. The molecule has 1 heterocycles. The Morgan fingerprint density at radius 3 is 3.11 bits per heavy atom. The van der Waals surface area contributed by atoms with E-state index in [2.05, 4.69) is 5.32 Å². The summed E-state index contributed by atoms with van der Waals surface area (Å²) in [5, 5.41) is 13.2. The lowest BCUT2D eigenvalue weighted by atomic mass is 10.1. The van der Waals surface area contributed by atoms with Crippen molar-refractivity contribution in [3.8, 4) is 5.75 Å². The second kappa shape index (κ2) is 6.11. The maximum Gasteiger partial charge on any atom is 0.123 e. The fraction of sp³-hybridized carbons (Fsp3) is 0.571. The minimum absolute atomic E-state index is 0.0156. The SMILES string of the molecule is CSCC(C)(O)CNCC1Cc2cc(F)ccc2O1. The molecule has 5 heteroatoms. The number of nitrogens with one attached hydrogen (secondary N) is 1. The molecule has 3 nitrogen and oxygen atoms in total. The van der Waals surface area contributed by atoms with Crippen LogP contribution in [0.2, 0.25) is 0 Å². The van der Waals surface area contributed by atoms with Crippen molar-refractivity contribution in [2.45, 2.75) is 25.0 Å². The maximum atomic E-state index is 13.1. The second-order valence-electron chi connectivity index (χ2n) is 5.26. The molecule has 0 aliphatic carbocycles. The monoisotopic (exact) mass is 285 g/mol. The molecule has 19 heavy (non-hydrogen) atoms. The van der Waals surface area contributed by atoms with Crippen LogP contribution in [0.15, 0.2) is 18.2 Å². The number of rotatable bonds is 6. The van der Waals surface area contributed by atoms with Crippen LogP contribution in [0.1, 0.15) is 12.5 Å². The quantitative estimate of drug-likeness (QED) is 0.837. The Morgan fingerprint density at radius 2 is 2.37 bits per heavy atom. The molecule has 1 aliphatic heterocycles. The van der Waals surface area contributed by atoms with Gasteiger partial charge in [0.15, 0.2) is 0 Å². The van der Waals surface area contributed by atoms with Gasteiger partial charge in [-0.2, -0.15) is 11.8 Å². The molecule has 0 saturated carbocycles. The van der Waals surface area contributed by atoms with E-state index in [0.29, 0.717) is 25.3 Å². The zero-order valence-corrected chi connectivity index (χ0v) is 12.1. The average molecular weight is 285 g/mol. The van der Waals surface area contributed by atoms with Crippen molar-refractivity contribution in [3.05, 3.63) is 29.6 Å². The lowest BCUT2D eigenvalue weighted by molar-refractivity contribution is 0.0814. The van der Waals surface area contributed by atoms with Gasteiger partial charge in [-0.3, -0.25) is 0 Å². The third-order valence-corrected chi connectivity index (χ3v) is 4.01. The van der Waals surface area contributed by atoms with Gasteiger partial charge in [-0.1, -0.05) is 0 Å². The van der Waals surface area contributed by atoms with Crippen molar-refractivity contribution in [2.24, 2.45) is 0 Å². The fourth-order valence-corrected chi connectivity index (χ4v) is 2.99. The Bertz CT molecular complexity index is 439. The molecular formula is C14H20FNO2S. The van der Waals surface area contributed by atoms with Gasteiger partial charge in [-0.05, 0) is 31.4 Å². The van der Waals surface area contributed by atoms with Gasteiger partial charge in [0.1, 0.15) is 17.7 Å². The Kier molecular flexibility index (Phi) is 4.71. The summed E-state index contributed by atoms with van der Waals surface area (Å²) >= 11 is 1.62. The predicted molar refractivity (Wildman–Crippen MR) is 76.4 cm³/mol. The molecule has 0 radical (unpaired) electrons. The van der Waals surface area contributed by atoms with Gasteiger partial charge < -0.3 is 15.2 Å². The summed E-state index contributed by atoms with van der Waals surface area (Å²) in [6.45, 7) is 3.00. The van der Waals surface area contributed by atoms with Gasteiger partial charge in [0.05, 0.1) is 5.60 Å². The standard InChI is InChI=1S/C14H20FNO2S/c1-14(17,9-19-2)8-16-7-12-6-10-5-11(15)3-4-13(10)18-12/h3-5,12,16-17H,6-9H2,1-2H3. The summed E-state index contributed by atoms with van der Waals surface area (Å²) in [5.41, 5.74) is 0.208. The highest BCUT2D eigenvalue weighted by molar-refractivity contribution is 7.98. The van der Waals surface area contributed by atoms with Crippen molar-refractivity contribution in [2.75, 3.05) is 25.1 Å². The van der Waals surface area contributed by atoms with Gasteiger partial charge in [0.2, 0.25) is 0 Å². The van der Waals surface area contributed by atoms with Crippen molar-refractivity contribution in [1.82, 2.24) is 5.32 Å². The van der Waals surface area contributed by atoms with E-state index in [0.717, 1.165) is 11.3 Å². The van der Waals surface area contributed by atoms with Crippen LogP contribution in [0.25, 0.3) is 0 Å². The van der Waals surface area contributed by atoms with Crippen LogP contribution in [-0.4, -0.2) is 41.9 Å². The van der Waals surface area contributed by atoms with Gasteiger partial charge in [0.25, 0.3) is 0 Å². The third kappa shape index (κ3) is 4.09. The average Bonchev–Trinajstić information content (AvgIpc) is 2.70. The maximum absolute atomic E-state index is 13.1. The number of hydrogen-bond donors (Lipinski definition) is 2. The first-order chi connectivity index (χ1) is 9.00. The van der Waals surface area contributed by atoms with E-state index in [1.807, 2.05) is 13.2 Å². The number of halogens is 1. The molecule has 0 amide bonds. The van der Waals surface area contributed by atoms with Crippen LogP contribution in [0, 0.1) is 5.82 Å². The number of aliphatic hydroxyl groups is 1. The Morgan fingerprint density at radius 1 is 1.58 bits per heavy atom. The van der Waals surface area contributed by atoms with Gasteiger partial charge in [-0.25, -0.2) is 4.39 Å². The smallest absolute Gasteiger partial charge is 0.123 e. The van der Waals surface area contributed by atoms with Crippen LogP contribution in [0.3, 0.4) is 0 Å². The van der Waals surface area contributed by atoms with Crippen LogP contribution >= 0.6 is 11.8 Å². The highest BCUT2D eigenvalue weighted by Crippen LogP contribution is 2.28. The zero-order chi connectivity index (χ0) is 13.9. The van der Waals surface area contributed by atoms with E-state index >= 15 is 0 Å². The van der Waals surface area contributed by atoms with Crippen LogP contribution in [0.4, 0.5) is 4.39 Å². The topological polar surface area (TPSA) is 41.5 Å². The van der Waals surface area contributed by atoms with Crippen LogP contribution < -0.4 is 10.1 Å². The molecule has 0 fully saturated rings. The first-order valence-corrected chi connectivity index (χ1v) is 7.77. The molecule has 2 N–H and O–H groups in total. The van der Waals surface area contributed by atoms with E-state index in [9.17, 15) is 9.50 Å². The largest absolute Gasteiger partial charge is 0.488 e. The van der Waals surface area contributed by atoms with E-state index < -0.39 is 5.60 Å². The molecule has 2 atom stereocenters. The number of hydrogen-bond acceptors (Lipinski definition) is 4. The molecule has 1 aliphatic rings. The molecule has 2 rings (SSSR count). The zero-order valence-electron chi connectivity index (χ0n) is 11.3. The molecule has 1 aromatic carbocycles. The predicted octanol–water partition coefficient (Wildman–Crippen LogP) is 1.83. The Balaban J connectivity index is 1.78. The number of benzene rings is 1. The highest BCUT2D eigenvalue weighted by atomic mass is 32.2. The van der Waals surface area contributed by atoms with Gasteiger partial charge >= 0.3 is 0 Å².